The van der Waals surface area contributed by atoms with Crippen molar-refractivity contribution in [1.29, 1.82) is 5.26 Å². The summed E-state index contributed by atoms with van der Waals surface area (Å²) in [6, 6.07) is 10.0. The van der Waals surface area contributed by atoms with Gasteiger partial charge in [-0.05, 0) is 58.6 Å². The van der Waals surface area contributed by atoms with Crippen molar-refractivity contribution in [3.63, 3.8) is 0 Å². The van der Waals surface area contributed by atoms with E-state index < -0.39 is 5.60 Å². The topological polar surface area (TPSA) is 88.2 Å². The summed E-state index contributed by atoms with van der Waals surface area (Å²) >= 11 is 0. The molecule has 1 aliphatic rings. The molecule has 2 heterocycles. The van der Waals surface area contributed by atoms with Crippen molar-refractivity contribution in [3.8, 4) is 6.07 Å². The van der Waals surface area contributed by atoms with Crippen LogP contribution in [0.3, 0.4) is 0 Å². The van der Waals surface area contributed by atoms with Crippen molar-refractivity contribution in [2.75, 3.05) is 13.1 Å². The normalized spacial score (nSPS) is 15.1. The number of hydrogen-bond acceptors (Lipinski definition) is 5. The van der Waals surface area contributed by atoms with Gasteiger partial charge in [-0.15, -0.1) is 0 Å². The first kappa shape index (κ1) is 22.8. The van der Waals surface area contributed by atoms with Crippen molar-refractivity contribution >= 4 is 22.9 Å². The van der Waals surface area contributed by atoms with Crippen molar-refractivity contribution in [3.05, 3.63) is 30.1 Å². The van der Waals surface area contributed by atoms with E-state index in [0.717, 1.165) is 30.3 Å². The zero-order valence-corrected chi connectivity index (χ0v) is 18.8. The summed E-state index contributed by atoms with van der Waals surface area (Å²) in [4.78, 5) is 32.0. The van der Waals surface area contributed by atoms with Crippen LogP contribution in [-0.2, 0) is 11.3 Å². The minimum Gasteiger partial charge on any atom is -0.444 e. The fourth-order valence-corrected chi connectivity index (χ4v) is 3.97. The molecule has 0 bridgehead atoms. The summed E-state index contributed by atoms with van der Waals surface area (Å²) in [5.74, 6) is 0.419. The average molecular weight is 425 g/mol. The average Bonchev–Trinajstić information content (AvgIpc) is 3.10. The highest BCUT2D eigenvalue weighted by Crippen LogP contribution is 2.26. The third-order valence-corrected chi connectivity index (χ3v) is 5.56. The Kier molecular flexibility index (Phi) is 7.32. The first-order chi connectivity index (χ1) is 14.8. The van der Waals surface area contributed by atoms with Gasteiger partial charge in [0, 0.05) is 32.0 Å². The molecule has 1 fully saturated rings. The van der Waals surface area contributed by atoms with Crippen LogP contribution in [0.2, 0.25) is 0 Å². The third-order valence-electron chi connectivity index (χ3n) is 5.56. The maximum Gasteiger partial charge on any atom is 0.410 e. The highest BCUT2D eigenvalue weighted by molar-refractivity contribution is 5.98. The number of ketones is 1. The number of Topliss-reactive ketones (excluding diaryl/α,β-unsaturated/α-hetero) is 1. The van der Waals surface area contributed by atoms with Crippen LogP contribution < -0.4 is 0 Å². The number of amides is 1. The molecule has 1 amide bonds. The van der Waals surface area contributed by atoms with Gasteiger partial charge in [0.2, 0.25) is 5.78 Å². The molecule has 0 saturated carbocycles. The van der Waals surface area contributed by atoms with Crippen LogP contribution in [0, 0.1) is 17.2 Å². The van der Waals surface area contributed by atoms with Crippen LogP contribution in [0.15, 0.2) is 24.3 Å². The maximum absolute atomic E-state index is 13.4. The van der Waals surface area contributed by atoms with Crippen molar-refractivity contribution in [2.24, 2.45) is 5.92 Å². The van der Waals surface area contributed by atoms with Crippen LogP contribution in [0.1, 0.15) is 69.9 Å². The van der Waals surface area contributed by atoms with E-state index in [0.29, 0.717) is 44.7 Å². The number of aromatic nitrogens is 2. The zero-order chi connectivity index (χ0) is 22.4. The number of aryl methyl sites for hydroxylation is 1. The van der Waals surface area contributed by atoms with Crippen LogP contribution in [0.25, 0.3) is 11.0 Å². The Morgan fingerprint density at radius 2 is 1.87 bits per heavy atom. The van der Waals surface area contributed by atoms with E-state index in [4.69, 9.17) is 10.00 Å². The number of ether oxygens (including phenoxy) is 1. The molecule has 1 saturated heterocycles. The second-order valence-electron chi connectivity index (χ2n) is 9.15. The maximum atomic E-state index is 13.4. The Labute approximate surface area is 184 Å². The van der Waals surface area contributed by atoms with E-state index in [9.17, 15) is 9.59 Å². The molecule has 0 radical (unpaired) electrons. The number of carbonyl (C=O) groups is 2. The molecule has 0 N–H and O–H groups in total. The minimum absolute atomic E-state index is 0.0528. The minimum atomic E-state index is -0.526. The molecule has 1 aromatic heterocycles. The quantitative estimate of drug-likeness (QED) is 0.463. The number of nitriles is 1. The van der Waals surface area contributed by atoms with Gasteiger partial charge in [-0.3, -0.25) is 4.79 Å². The number of piperidine rings is 1. The fraction of sp³-hybridized carbons (Fsp3) is 0.583. The summed E-state index contributed by atoms with van der Waals surface area (Å²) < 4.78 is 7.49. The molecule has 7 nitrogen and oxygen atoms in total. The van der Waals surface area contributed by atoms with E-state index in [-0.39, 0.29) is 17.8 Å². The molecular formula is C24H32N4O3. The Morgan fingerprint density at radius 3 is 2.55 bits per heavy atom. The predicted octanol–water partition coefficient (Wildman–Crippen LogP) is 4.95. The van der Waals surface area contributed by atoms with Crippen molar-refractivity contribution in [2.45, 2.75) is 71.4 Å². The van der Waals surface area contributed by atoms with Crippen LogP contribution in [0.4, 0.5) is 4.79 Å². The van der Waals surface area contributed by atoms with E-state index >= 15 is 0 Å². The Hall–Kier alpha value is -2.88. The van der Waals surface area contributed by atoms with Gasteiger partial charge in [0.15, 0.2) is 5.82 Å². The van der Waals surface area contributed by atoms with Crippen LogP contribution >= 0.6 is 0 Å². The van der Waals surface area contributed by atoms with Gasteiger partial charge in [0.25, 0.3) is 0 Å². The number of rotatable bonds is 7. The Morgan fingerprint density at radius 1 is 1.16 bits per heavy atom. The number of hydrogen-bond donors (Lipinski definition) is 0. The lowest BCUT2D eigenvalue weighted by atomic mass is 9.92. The summed E-state index contributed by atoms with van der Waals surface area (Å²) in [6.07, 6.45) is 4.19. The first-order valence-electron chi connectivity index (χ1n) is 11.1. The van der Waals surface area contributed by atoms with Crippen molar-refractivity contribution in [1.82, 2.24) is 14.5 Å². The van der Waals surface area contributed by atoms with Gasteiger partial charge < -0.3 is 14.2 Å². The number of fused-ring (bicyclic) bond motifs is 1. The summed E-state index contributed by atoms with van der Waals surface area (Å²) in [7, 11) is 0. The van der Waals surface area contributed by atoms with Gasteiger partial charge in [0.05, 0.1) is 17.1 Å². The van der Waals surface area contributed by atoms with E-state index in [1.807, 2.05) is 49.6 Å². The van der Waals surface area contributed by atoms with Gasteiger partial charge in [-0.1, -0.05) is 18.6 Å². The highest BCUT2D eigenvalue weighted by Gasteiger charge is 2.32. The lowest BCUT2D eigenvalue weighted by Gasteiger charge is -2.32. The van der Waals surface area contributed by atoms with E-state index in [1.54, 1.807) is 4.90 Å². The third kappa shape index (κ3) is 5.84. The Balaban J connectivity index is 1.69. The molecule has 0 spiro atoms. The smallest absolute Gasteiger partial charge is 0.410 e. The number of unbranched alkanes of at least 4 members (excludes halogenated alkanes) is 3. The number of nitrogens with zero attached hydrogens (tertiary/aromatic N) is 4. The number of benzene rings is 1. The molecule has 166 valence electrons. The fourth-order valence-electron chi connectivity index (χ4n) is 3.97. The number of imidazole rings is 1. The molecule has 7 heteroatoms. The molecule has 1 aliphatic heterocycles. The monoisotopic (exact) mass is 424 g/mol. The first-order valence-corrected chi connectivity index (χ1v) is 11.1. The lowest BCUT2D eigenvalue weighted by molar-refractivity contribution is 0.0181. The molecule has 0 aliphatic carbocycles. The number of likely N-dealkylation sites (tertiary alicyclic amines) is 1. The lowest BCUT2D eigenvalue weighted by Crippen LogP contribution is -2.43. The Bertz CT molecular complexity index is 959. The van der Waals surface area contributed by atoms with E-state index in [2.05, 4.69) is 11.1 Å². The van der Waals surface area contributed by atoms with E-state index in [1.165, 1.54) is 0 Å². The van der Waals surface area contributed by atoms with Gasteiger partial charge in [0.1, 0.15) is 5.60 Å². The van der Waals surface area contributed by atoms with Crippen LogP contribution in [-0.4, -0.2) is 45.0 Å². The summed E-state index contributed by atoms with van der Waals surface area (Å²) in [6.45, 7) is 7.30. The summed E-state index contributed by atoms with van der Waals surface area (Å²) in [5, 5.41) is 8.72. The number of para-hydroxylation sites is 2. The van der Waals surface area contributed by atoms with Gasteiger partial charge in [-0.25, -0.2) is 9.78 Å². The molecular weight excluding hydrogens is 392 g/mol. The SMILES string of the molecule is CC(C)(C)OC(=O)N1CCC(C(=O)c2nc3ccccc3n2CCCCCC#N)CC1. The second kappa shape index (κ2) is 9.95. The molecule has 3 rings (SSSR count). The predicted molar refractivity (Wildman–Crippen MR) is 119 cm³/mol. The number of carbonyl (C=O) groups excluding carboxylic acids is 2. The molecule has 0 unspecified atom stereocenters. The largest absolute Gasteiger partial charge is 0.444 e. The second-order valence-corrected chi connectivity index (χ2v) is 9.15. The zero-order valence-electron chi connectivity index (χ0n) is 18.8. The van der Waals surface area contributed by atoms with Crippen LogP contribution in [0.5, 0.6) is 0 Å². The summed E-state index contributed by atoms with van der Waals surface area (Å²) in [5.41, 5.74) is 1.27. The molecule has 0 atom stereocenters. The molecule has 1 aromatic carbocycles. The standard InChI is InChI=1S/C24H32N4O3/c1-24(2,3)31-23(30)27-16-12-18(13-17-27)21(29)22-26-19-10-6-7-11-20(19)28(22)15-9-5-4-8-14-25/h6-7,10-11,18H,4-5,8-9,12-13,15-17H2,1-3H3. The molecule has 31 heavy (non-hydrogen) atoms. The highest BCUT2D eigenvalue weighted by atomic mass is 16.6. The van der Waals surface area contributed by atoms with Gasteiger partial charge >= 0.3 is 6.09 Å². The van der Waals surface area contributed by atoms with Gasteiger partial charge in [-0.2, -0.15) is 5.26 Å². The molecule has 2 aromatic rings. The van der Waals surface area contributed by atoms with Crippen molar-refractivity contribution < 1.29 is 14.3 Å².